The van der Waals surface area contributed by atoms with Gasteiger partial charge >= 0.3 is 0 Å². The highest BCUT2D eigenvalue weighted by Gasteiger charge is 2.24. The highest BCUT2D eigenvalue weighted by molar-refractivity contribution is 5.89. The van der Waals surface area contributed by atoms with Crippen molar-refractivity contribution in [2.75, 3.05) is 4.90 Å². The summed E-state index contributed by atoms with van der Waals surface area (Å²) in [6.07, 6.45) is 3.25. The number of fused-ring (bicyclic) bond motifs is 2. The third kappa shape index (κ3) is 2.25. The second kappa shape index (κ2) is 5.55. The van der Waals surface area contributed by atoms with Crippen LogP contribution in [0.25, 0.3) is 16.6 Å². The summed E-state index contributed by atoms with van der Waals surface area (Å²) in [7, 11) is 0. The van der Waals surface area contributed by atoms with Crippen LogP contribution in [0, 0.1) is 0 Å². The molecule has 3 aromatic rings. The molecule has 2 heteroatoms. The van der Waals surface area contributed by atoms with E-state index >= 15 is 0 Å². The second-order valence-electron chi connectivity index (χ2n) is 6.94. The maximum atomic E-state index is 4.36. The molecular weight excluding hydrogens is 292 g/mol. The lowest BCUT2D eigenvalue weighted by Gasteiger charge is -2.20. The zero-order valence-corrected chi connectivity index (χ0v) is 14.7. The maximum absolute atomic E-state index is 4.36. The van der Waals surface area contributed by atoms with Gasteiger partial charge in [0, 0.05) is 46.6 Å². The van der Waals surface area contributed by atoms with Crippen LogP contribution in [-0.4, -0.2) is 4.57 Å². The molecule has 2 nitrogen and oxygen atoms in total. The van der Waals surface area contributed by atoms with Crippen molar-refractivity contribution >= 4 is 22.3 Å². The van der Waals surface area contributed by atoms with Crippen LogP contribution >= 0.6 is 0 Å². The van der Waals surface area contributed by atoms with E-state index in [2.05, 4.69) is 85.5 Å². The molecule has 24 heavy (non-hydrogen) atoms. The molecule has 0 amide bonds. The SMILES string of the molecule is C=C1c2cc(CC)ccc2CN1c1ccc2c(ccn2C(C)C)c1. The van der Waals surface area contributed by atoms with Crippen molar-refractivity contribution in [2.45, 2.75) is 39.8 Å². The van der Waals surface area contributed by atoms with Gasteiger partial charge in [-0.1, -0.05) is 25.6 Å². The van der Waals surface area contributed by atoms with Crippen molar-refractivity contribution in [3.63, 3.8) is 0 Å². The van der Waals surface area contributed by atoms with Gasteiger partial charge in [0.15, 0.2) is 0 Å². The summed E-state index contributed by atoms with van der Waals surface area (Å²) in [4.78, 5) is 2.33. The van der Waals surface area contributed by atoms with Gasteiger partial charge in [0.1, 0.15) is 0 Å². The molecular formula is C22H24N2. The summed E-state index contributed by atoms with van der Waals surface area (Å²) in [5, 5.41) is 1.29. The van der Waals surface area contributed by atoms with Gasteiger partial charge in [0.2, 0.25) is 0 Å². The van der Waals surface area contributed by atoms with Crippen molar-refractivity contribution in [1.29, 1.82) is 0 Å². The summed E-state index contributed by atoms with van der Waals surface area (Å²) in [5.41, 5.74) is 7.68. The van der Waals surface area contributed by atoms with Gasteiger partial charge in [-0.25, -0.2) is 0 Å². The number of benzene rings is 2. The van der Waals surface area contributed by atoms with E-state index in [4.69, 9.17) is 0 Å². The molecule has 0 unspecified atom stereocenters. The average molecular weight is 316 g/mol. The third-order valence-corrected chi connectivity index (χ3v) is 5.12. The molecule has 2 aromatic carbocycles. The monoisotopic (exact) mass is 316 g/mol. The van der Waals surface area contributed by atoms with Crippen LogP contribution in [0.1, 0.15) is 43.5 Å². The van der Waals surface area contributed by atoms with Gasteiger partial charge in [0.25, 0.3) is 0 Å². The molecule has 2 heterocycles. The van der Waals surface area contributed by atoms with E-state index in [-0.39, 0.29) is 0 Å². The lowest BCUT2D eigenvalue weighted by atomic mass is 10.0. The molecule has 122 valence electrons. The Bertz CT molecular complexity index is 930. The Kier molecular flexibility index (Phi) is 3.49. The quantitative estimate of drug-likeness (QED) is 0.595. The molecule has 0 bridgehead atoms. The molecule has 0 radical (unpaired) electrons. The van der Waals surface area contributed by atoms with Crippen LogP contribution in [0.5, 0.6) is 0 Å². The van der Waals surface area contributed by atoms with Crippen molar-refractivity contribution < 1.29 is 0 Å². The Hall–Kier alpha value is -2.48. The van der Waals surface area contributed by atoms with Gasteiger partial charge in [-0.3, -0.25) is 0 Å². The standard InChI is InChI=1S/C22H24N2/c1-5-17-6-7-19-14-24(16(4)21(19)12-17)20-8-9-22-18(13-20)10-11-23(22)15(2)3/h6-13,15H,4-5,14H2,1-3H3. The van der Waals surface area contributed by atoms with E-state index in [1.54, 1.807) is 0 Å². The van der Waals surface area contributed by atoms with Crippen LogP contribution in [0.4, 0.5) is 5.69 Å². The van der Waals surface area contributed by atoms with Gasteiger partial charge < -0.3 is 9.47 Å². The summed E-state index contributed by atoms with van der Waals surface area (Å²) in [6, 6.07) is 16.2. The largest absolute Gasteiger partial charge is 0.345 e. The summed E-state index contributed by atoms with van der Waals surface area (Å²) < 4.78 is 2.32. The molecule has 0 aliphatic carbocycles. The van der Waals surface area contributed by atoms with E-state index in [9.17, 15) is 0 Å². The minimum atomic E-state index is 0.479. The first kappa shape index (κ1) is 15.1. The lowest BCUT2D eigenvalue weighted by Crippen LogP contribution is -2.12. The van der Waals surface area contributed by atoms with Crippen LogP contribution in [0.3, 0.4) is 0 Å². The zero-order valence-electron chi connectivity index (χ0n) is 14.7. The van der Waals surface area contributed by atoms with Gasteiger partial charge in [-0.2, -0.15) is 0 Å². The minimum Gasteiger partial charge on any atom is -0.345 e. The molecule has 0 fully saturated rings. The zero-order chi connectivity index (χ0) is 16.8. The Morgan fingerprint density at radius 3 is 2.67 bits per heavy atom. The fourth-order valence-electron chi connectivity index (χ4n) is 3.68. The minimum absolute atomic E-state index is 0.479. The highest BCUT2D eigenvalue weighted by atomic mass is 15.2. The average Bonchev–Trinajstić information content (AvgIpc) is 3.15. The molecule has 0 N–H and O–H groups in total. The lowest BCUT2D eigenvalue weighted by molar-refractivity contribution is 0.623. The molecule has 1 aromatic heterocycles. The predicted molar refractivity (Wildman–Crippen MR) is 103 cm³/mol. The van der Waals surface area contributed by atoms with Crippen molar-refractivity contribution in [3.05, 3.63) is 71.9 Å². The first-order chi connectivity index (χ1) is 11.6. The van der Waals surface area contributed by atoms with Gasteiger partial charge in [-0.15, -0.1) is 0 Å². The maximum Gasteiger partial charge on any atom is 0.0488 e. The Balaban J connectivity index is 1.72. The number of nitrogens with zero attached hydrogens (tertiary/aromatic N) is 2. The van der Waals surface area contributed by atoms with Crippen LogP contribution in [-0.2, 0) is 13.0 Å². The number of hydrogen-bond acceptors (Lipinski definition) is 1. The molecule has 1 aliphatic rings. The van der Waals surface area contributed by atoms with Crippen LogP contribution in [0.2, 0.25) is 0 Å². The van der Waals surface area contributed by atoms with Crippen LogP contribution < -0.4 is 4.90 Å². The molecule has 0 spiro atoms. The van der Waals surface area contributed by atoms with Crippen molar-refractivity contribution in [2.24, 2.45) is 0 Å². The Morgan fingerprint density at radius 2 is 1.92 bits per heavy atom. The van der Waals surface area contributed by atoms with E-state index in [0.29, 0.717) is 6.04 Å². The summed E-state index contributed by atoms with van der Waals surface area (Å²) in [6.45, 7) is 11.9. The van der Waals surface area contributed by atoms with Gasteiger partial charge in [-0.05, 0) is 61.7 Å². The molecule has 1 aliphatic heterocycles. The van der Waals surface area contributed by atoms with Crippen molar-refractivity contribution in [3.8, 4) is 0 Å². The number of aromatic nitrogens is 1. The van der Waals surface area contributed by atoms with Crippen LogP contribution in [0.15, 0.2) is 55.2 Å². The second-order valence-corrected chi connectivity index (χ2v) is 6.94. The van der Waals surface area contributed by atoms with E-state index in [1.807, 2.05) is 0 Å². The molecule has 4 rings (SSSR count). The van der Waals surface area contributed by atoms with E-state index in [1.165, 1.54) is 33.3 Å². The summed E-state index contributed by atoms with van der Waals surface area (Å²) >= 11 is 0. The number of hydrogen-bond donors (Lipinski definition) is 0. The number of anilines is 1. The molecule has 0 saturated heterocycles. The third-order valence-electron chi connectivity index (χ3n) is 5.12. The van der Waals surface area contributed by atoms with E-state index < -0.39 is 0 Å². The summed E-state index contributed by atoms with van der Waals surface area (Å²) in [5.74, 6) is 0. The first-order valence-corrected chi connectivity index (χ1v) is 8.77. The topological polar surface area (TPSA) is 8.17 Å². The van der Waals surface area contributed by atoms with Crippen molar-refractivity contribution in [1.82, 2.24) is 4.57 Å². The first-order valence-electron chi connectivity index (χ1n) is 8.77. The Labute approximate surface area is 144 Å². The normalized spacial score (nSPS) is 14.0. The van der Waals surface area contributed by atoms with Gasteiger partial charge in [0.05, 0.1) is 0 Å². The fourth-order valence-corrected chi connectivity index (χ4v) is 3.68. The molecule has 0 atom stereocenters. The van der Waals surface area contributed by atoms with E-state index in [0.717, 1.165) is 18.7 Å². The molecule has 0 saturated carbocycles. The number of aryl methyl sites for hydroxylation is 1. The Morgan fingerprint density at radius 1 is 1.08 bits per heavy atom. The smallest absolute Gasteiger partial charge is 0.0488 e. The number of rotatable bonds is 3. The predicted octanol–water partition coefficient (Wildman–Crippen LogP) is 5.78. The fraction of sp³-hybridized carbons (Fsp3) is 0.273. The highest BCUT2D eigenvalue weighted by Crippen LogP contribution is 2.37.